The van der Waals surface area contributed by atoms with E-state index in [-0.39, 0.29) is 0 Å². The van der Waals surface area contributed by atoms with Gasteiger partial charge in [-0.1, -0.05) is 15.9 Å². The maximum atomic E-state index is 3.56. The lowest BCUT2D eigenvalue weighted by atomic mass is 10.2. The van der Waals surface area contributed by atoms with Crippen molar-refractivity contribution < 1.29 is 0 Å². The zero-order chi connectivity index (χ0) is 7.84. The molecule has 1 aromatic rings. The predicted octanol–water partition coefficient (Wildman–Crippen LogP) is 4.01. The second kappa shape index (κ2) is 3.19. The zero-order valence-electron chi connectivity index (χ0n) is 5.89. The van der Waals surface area contributed by atoms with Crippen molar-refractivity contribution in [3.63, 3.8) is 0 Å². The van der Waals surface area contributed by atoms with E-state index in [1.165, 1.54) is 16.5 Å². The predicted molar refractivity (Wildman–Crippen MR) is 56.7 cm³/mol. The largest absolute Gasteiger partial charge is 0.151 e. The summed E-state index contributed by atoms with van der Waals surface area (Å²) in [6.45, 7) is 0. The first kappa shape index (κ1) is 8.27. The Balaban J connectivity index is 2.14. The Morgan fingerprint density at radius 2 is 2.36 bits per heavy atom. The summed E-state index contributed by atoms with van der Waals surface area (Å²) in [6, 6.07) is 0. The molecule has 1 aliphatic carbocycles. The molecule has 0 spiro atoms. The maximum Gasteiger partial charge on any atom is 0.0317 e. The van der Waals surface area contributed by atoms with E-state index in [2.05, 4.69) is 42.6 Å². The van der Waals surface area contributed by atoms with Crippen LogP contribution in [-0.2, 0) is 0 Å². The molecule has 3 heteroatoms. The van der Waals surface area contributed by atoms with Crippen molar-refractivity contribution in [3.8, 4) is 0 Å². The quantitative estimate of drug-likeness (QED) is 0.723. The minimum atomic E-state index is 0.829. The topological polar surface area (TPSA) is 0 Å². The van der Waals surface area contributed by atoms with Gasteiger partial charge in [-0.25, -0.2) is 0 Å². The second-order valence-corrected chi connectivity index (χ2v) is 5.18. The molecule has 0 amide bonds. The van der Waals surface area contributed by atoms with E-state index in [1.54, 1.807) is 11.3 Å². The van der Waals surface area contributed by atoms with Gasteiger partial charge in [0.05, 0.1) is 0 Å². The van der Waals surface area contributed by atoms with Crippen LogP contribution in [0.15, 0.2) is 15.2 Å². The van der Waals surface area contributed by atoms with E-state index in [0.29, 0.717) is 0 Å². The van der Waals surface area contributed by atoms with Crippen LogP contribution in [0.5, 0.6) is 0 Å². The molecule has 60 valence electrons. The van der Waals surface area contributed by atoms with Crippen molar-refractivity contribution in [3.05, 3.63) is 20.8 Å². The third kappa shape index (κ3) is 1.56. The highest BCUT2D eigenvalue weighted by molar-refractivity contribution is 9.10. The molecule has 1 saturated carbocycles. The first-order chi connectivity index (χ1) is 5.33. The molecule has 1 fully saturated rings. The third-order valence-corrected chi connectivity index (χ3v) is 4.75. The molecule has 11 heavy (non-hydrogen) atoms. The molecule has 0 aromatic carbocycles. The van der Waals surface area contributed by atoms with Gasteiger partial charge in [0.15, 0.2) is 0 Å². The fourth-order valence-corrected chi connectivity index (χ4v) is 3.73. The number of hydrogen-bond acceptors (Lipinski definition) is 1. The molecule has 0 bridgehead atoms. The Bertz CT molecular complexity index is 256. The average Bonchev–Trinajstić information content (AvgIpc) is 2.68. The van der Waals surface area contributed by atoms with Crippen LogP contribution in [0.25, 0.3) is 0 Å². The Kier molecular flexibility index (Phi) is 2.40. The van der Waals surface area contributed by atoms with Gasteiger partial charge in [-0.05, 0) is 45.1 Å². The molecular weight excluding hydrogens is 288 g/mol. The summed E-state index contributed by atoms with van der Waals surface area (Å²) >= 11 is 8.86. The summed E-state index contributed by atoms with van der Waals surface area (Å²) in [6.07, 6.45) is 1.36. The molecule has 0 aliphatic heterocycles. The normalized spacial score (nSPS) is 28.9. The van der Waals surface area contributed by atoms with Gasteiger partial charge in [0, 0.05) is 15.2 Å². The van der Waals surface area contributed by atoms with Gasteiger partial charge in [-0.15, -0.1) is 0 Å². The average molecular weight is 296 g/mol. The molecule has 1 aliphatic rings. The van der Waals surface area contributed by atoms with Crippen molar-refractivity contribution >= 4 is 43.2 Å². The van der Waals surface area contributed by atoms with Crippen molar-refractivity contribution in [2.24, 2.45) is 5.92 Å². The van der Waals surface area contributed by atoms with E-state index in [1.807, 2.05) is 0 Å². The van der Waals surface area contributed by atoms with Crippen molar-refractivity contribution in [2.75, 3.05) is 5.33 Å². The molecule has 2 unspecified atom stereocenters. The summed E-state index contributed by atoms with van der Waals surface area (Å²) in [7, 11) is 0. The van der Waals surface area contributed by atoms with Crippen LogP contribution in [0.3, 0.4) is 0 Å². The molecular formula is C8H8Br2S. The lowest BCUT2D eigenvalue weighted by Crippen LogP contribution is -1.81. The molecule has 1 aromatic heterocycles. The number of alkyl halides is 1. The van der Waals surface area contributed by atoms with E-state index < -0.39 is 0 Å². The molecule has 2 atom stereocenters. The highest BCUT2D eigenvalue weighted by Gasteiger charge is 2.38. The minimum absolute atomic E-state index is 0.829. The summed E-state index contributed by atoms with van der Waals surface area (Å²) < 4.78 is 1.30. The van der Waals surface area contributed by atoms with Gasteiger partial charge in [-0.2, -0.15) is 11.3 Å². The fraction of sp³-hybridized carbons (Fsp3) is 0.500. The van der Waals surface area contributed by atoms with Crippen LogP contribution >= 0.6 is 43.2 Å². The highest BCUT2D eigenvalue weighted by atomic mass is 79.9. The monoisotopic (exact) mass is 294 g/mol. The summed E-state index contributed by atoms with van der Waals surface area (Å²) in [5.74, 6) is 1.72. The Morgan fingerprint density at radius 3 is 2.82 bits per heavy atom. The van der Waals surface area contributed by atoms with Gasteiger partial charge in [0.2, 0.25) is 0 Å². The minimum Gasteiger partial charge on any atom is -0.151 e. The highest BCUT2D eigenvalue weighted by Crippen LogP contribution is 2.51. The Labute approximate surface area is 87.3 Å². The number of hydrogen-bond donors (Lipinski definition) is 0. The third-order valence-electron chi connectivity index (χ3n) is 2.16. The van der Waals surface area contributed by atoms with Gasteiger partial charge in [-0.3, -0.25) is 0 Å². The van der Waals surface area contributed by atoms with Crippen LogP contribution in [0.4, 0.5) is 0 Å². The van der Waals surface area contributed by atoms with Gasteiger partial charge < -0.3 is 0 Å². The number of halogens is 2. The van der Waals surface area contributed by atoms with E-state index in [0.717, 1.165) is 17.2 Å². The lowest BCUT2D eigenvalue weighted by Gasteiger charge is -1.93. The van der Waals surface area contributed by atoms with Crippen molar-refractivity contribution in [1.82, 2.24) is 0 Å². The molecule has 0 saturated heterocycles. The fourth-order valence-electron chi connectivity index (χ4n) is 1.35. The SMILES string of the molecule is BrCC1CC1c1cscc1Br. The first-order valence-electron chi connectivity index (χ1n) is 3.60. The standard InChI is InChI=1S/C8H8Br2S/c9-2-5-1-6(5)7-3-11-4-8(7)10/h3-6H,1-2H2. The molecule has 0 radical (unpaired) electrons. The molecule has 0 nitrogen and oxygen atoms in total. The van der Waals surface area contributed by atoms with Crippen molar-refractivity contribution in [2.45, 2.75) is 12.3 Å². The Morgan fingerprint density at radius 1 is 1.55 bits per heavy atom. The van der Waals surface area contributed by atoms with Crippen molar-refractivity contribution in [1.29, 1.82) is 0 Å². The lowest BCUT2D eigenvalue weighted by molar-refractivity contribution is 0.937. The summed E-state index contributed by atoms with van der Waals surface area (Å²) in [5, 5.41) is 5.58. The molecule has 2 rings (SSSR count). The number of thiophene rings is 1. The van der Waals surface area contributed by atoms with Crippen LogP contribution in [0.1, 0.15) is 17.9 Å². The maximum absolute atomic E-state index is 3.56. The Hall–Kier alpha value is 0.660. The summed E-state index contributed by atoms with van der Waals surface area (Å²) in [5.41, 5.74) is 1.51. The van der Waals surface area contributed by atoms with Gasteiger partial charge in [0.1, 0.15) is 0 Å². The van der Waals surface area contributed by atoms with Gasteiger partial charge >= 0.3 is 0 Å². The smallest absolute Gasteiger partial charge is 0.0317 e. The van der Waals surface area contributed by atoms with E-state index in [9.17, 15) is 0 Å². The molecule has 1 heterocycles. The summed E-state index contributed by atoms with van der Waals surface area (Å²) in [4.78, 5) is 0. The first-order valence-corrected chi connectivity index (χ1v) is 6.46. The van der Waals surface area contributed by atoms with Gasteiger partial charge in [0.25, 0.3) is 0 Å². The second-order valence-electron chi connectivity index (χ2n) is 2.93. The number of rotatable bonds is 2. The van der Waals surface area contributed by atoms with Crippen LogP contribution in [-0.4, -0.2) is 5.33 Å². The van der Waals surface area contributed by atoms with E-state index in [4.69, 9.17) is 0 Å². The zero-order valence-corrected chi connectivity index (χ0v) is 9.88. The van der Waals surface area contributed by atoms with Crippen LogP contribution < -0.4 is 0 Å². The van der Waals surface area contributed by atoms with E-state index >= 15 is 0 Å². The van der Waals surface area contributed by atoms with Crippen LogP contribution in [0, 0.1) is 5.92 Å². The molecule has 0 N–H and O–H groups in total. The van der Waals surface area contributed by atoms with Crippen LogP contribution in [0.2, 0.25) is 0 Å².